The first-order chi connectivity index (χ1) is 6.69. The van der Waals surface area contributed by atoms with Crippen LogP contribution in [0.5, 0.6) is 0 Å². The van der Waals surface area contributed by atoms with Crippen molar-refractivity contribution in [3.8, 4) is 0 Å². The molecule has 5 nitrogen and oxygen atoms in total. The summed E-state index contributed by atoms with van der Waals surface area (Å²) in [6, 6.07) is 0. The van der Waals surface area contributed by atoms with Crippen LogP contribution in [0.4, 0.5) is 0 Å². The van der Waals surface area contributed by atoms with E-state index in [1.54, 1.807) is 4.90 Å². The predicted octanol–water partition coefficient (Wildman–Crippen LogP) is -0.375. The normalized spacial score (nSPS) is 18.0. The molecule has 0 radical (unpaired) electrons. The molecule has 2 amide bonds. The van der Waals surface area contributed by atoms with Gasteiger partial charge in [-0.25, -0.2) is 5.84 Å². The fourth-order valence-corrected chi connectivity index (χ4v) is 1.73. The molecule has 1 aliphatic heterocycles. The third kappa shape index (κ3) is 2.45. The molecule has 3 N–H and O–H groups in total. The zero-order chi connectivity index (χ0) is 10.6. The third-order valence-electron chi connectivity index (χ3n) is 2.66. The van der Waals surface area contributed by atoms with Crippen molar-refractivity contribution in [2.75, 3.05) is 13.1 Å². The molecule has 1 heterocycles. The number of nitrogens with one attached hydrogen (secondary N) is 1. The van der Waals surface area contributed by atoms with E-state index in [-0.39, 0.29) is 17.7 Å². The van der Waals surface area contributed by atoms with Crippen LogP contribution in [0.15, 0.2) is 0 Å². The summed E-state index contributed by atoms with van der Waals surface area (Å²) in [5.41, 5.74) is 2.15. The van der Waals surface area contributed by atoms with Crippen molar-refractivity contribution in [3.05, 3.63) is 0 Å². The summed E-state index contributed by atoms with van der Waals surface area (Å²) >= 11 is 0. The third-order valence-corrected chi connectivity index (χ3v) is 2.66. The first kappa shape index (κ1) is 11.0. The molecule has 0 saturated carbocycles. The number of carbonyl (C=O) groups is 2. The Kier molecular flexibility index (Phi) is 3.88. The van der Waals surface area contributed by atoms with Gasteiger partial charge in [-0.2, -0.15) is 0 Å². The maximum Gasteiger partial charge on any atom is 0.237 e. The highest BCUT2D eigenvalue weighted by molar-refractivity contribution is 5.79. The lowest BCUT2D eigenvalue weighted by Crippen LogP contribution is -2.44. The Bertz CT molecular complexity index is 198. The van der Waals surface area contributed by atoms with Gasteiger partial charge in [-0.05, 0) is 12.8 Å². The SMILES string of the molecule is CCC(=O)N1CCC(C(=O)NN)CC1. The lowest BCUT2D eigenvalue weighted by Gasteiger charge is -2.30. The van der Waals surface area contributed by atoms with Gasteiger partial charge in [0, 0.05) is 25.4 Å². The average Bonchev–Trinajstić information content (AvgIpc) is 2.27. The maximum absolute atomic E-state index is 11.3. The number of rotatable bonds is 2. The summed E-state index contributed by atoms with van der Waals surface area (Å²) in [7, 11) is 0. The molecule has 0 spiro atoms. The Morgan fingerprint density at radius 3 is 2.43 bits per heavy atom. The smallest absolute Gasteiger partial charge is 0.237 e. The van der Waals surface area contributed by atoms with Crippen LogP contribution in [0.2, 0.25) is 0 Å². The minimum absolute atomic E-state index is 0.0269. The fourth-order valence-electron chi connectivity index (χ4n) is 1.73. The number of amides is 2. The number of hydrogen-bond acceptors (Lipinski definition) is 3. The van der Waals surface area contributed by atoms with E-state index < -0.39 is 0 Å². The van der Waals surface area contributed by atoms with Gasteiger partial charge in [0.05, 0.1) is 0 Å². The largest absolute Gasteiger partial charge is 0.343 e. The number of likely N-dealkylation sites (tertiary alicyclic amines) is 1. The Labute approximate surface area is 83.6 Å². The van der Waals surface area contributed by atoms with Gasteiger partial charge in [0.2, 0.25) is 11.8 Å². The average molecular weight is 199 g/mol. The van der Waals surface area contributed by atoms with E-state index in [2.05, 4.69) is 5.43 Å². The monoisotopic (exact) mass is 199 g/mol. The van der Waals surface area contributed by atoms with Crippen LogP contribution < -0.4 is 11.3 Å². The highest BCUT2D eigenvalue weighted by Crippen LogP contribution is 2.17. The molecule has 80 valence electrons. The van der Waals surface area contributed by atoms with E-state index in [1.165, 1.54) is 0 Å². The van der Waals surface area contributed by atoms with Crippen molar-refractivity contribution < 1.29 is 9.59 Å². The lowest BCUT2D eigenvalue weighted by molar-refractivity contribution is -0.135. The van der Waals surface area contributed by atoms with Crippen LogP contribution >= 0.6 is 0 Å². The molecule has 0 aromatic carbocycles. The van der Waals surface area contributed by atoms with Crippen LogP contribution in [-0.2, 0) is 9.59 Å². The van der Waals surface area contributed by atoms with Crippen LogP contribution in [0.1, 0.15) is 26.2 Å². The van der Waals surface area contributed by atoms with Crippen LogP contribution in [-0.4, -0.2) is 29.8 Å². The topological polar surface area (TPSA) is 75.4 Å². The molecule has 1 saturated heterocycles. The summed E-state index contributed by atoms with van der Waals surface area (Å²) in [5, 5.41) is 0. The van der Waals surface area contributed by atoms with Gasteiger partial charge in [0.1, 0.15) is 0 Å². The highest BCUT2D eigenvalue weighted by Gasteiger charge is 2.25. The number of carbonyl (C=O) groups excluding carboxylic acids is 2. The van der Waals surface area contributed by atoms with E-state index >= 15 is 0 Å². The second-order valence-corrected chi connectivity index (χ2v) is 3.52. The Hall–Kier alpha value is -1.10. The quantitative estimate of drug-likeness (QED) is 0.362. The minimum Gasteiger partial charge on any atom is -0.343 e. The zero-order valence-corrected chi connectivity index (χ0v) is 8.45. The molecular weight excluding hydrogens is 182 g/mol. The molecule has 0 aromatic rings. The number of hydrogen-bond donors (Lipinski definition) is 2. The second kappa shape index (κ2) is 4.95. The Morgan fingerprint density at radius 1 is 1.43 bits per heavy atom. The molecule has 5 heteroatoms. The summed E-state index contributed by atoms with van der Waals surface area (Å²) in [6.07, 6.45) is 1.97. The minimum atomic E-state index is -0.117. The molecule has 0 bridgehead atoms. The van der Waals surface area contributed by atoms with Crippen molar-refractivity contribution in [2.24, 2.45) is 11.8 Å². The van der Waals surface area contributed by atoms with Gasteiger partial charge in [-0.1, -0.05) is 6.92 Å². The molecule has 0 atom stereocenters. The number of nitrogens with zero attached hydrogens (tertiary/aromatic N) is 1. The van der Waals surface area contributed by atoms with Crippen molar-refractivity contribution in [2.45, 2.75) is 26.2 Å². The standard InChI is InChI=1S/C9H17N3O2/c1-2-8(13)12-5-3-7(4-6-12)9(14)11-10/h7H,2-6,10H2,1H3,(H,11,14). The molecule has 14 heavy (non-hydrogen) atoms. The first-order valence-corrected chi connectivity index (χ1v) is 4.97. The van der Waals surface area contributed by atoms with Crippen molar-refractivity contribution in [1.29, 1.82) is 0 Å². The number of nitrogens with two attached hydrogens (primary N) is 1. The summed E-state index contributed by atoms with van der Waals surface area (Å²) in [4.78, 5) is 24.3. The van der Waals surface area contributed by atoms with Crippen molar-refractivity contribution in [3.63, 3.8) is 0 Å². The first-order valence-electron chi connectivity index (χ1n) is 4.97. The van der Waals surface area contributed by atoms with Gasteiger partial charge in [-0.15, -0.1) is 0 Å². The Morgan fingerprint density at radius 2 is 2.00 bits per heavy atom. The number of piperidine rings is 1. The van der Waals surface area contributed by atoms with Crippen LogP contribution in [0.3, 0.4) is 0 Å². The molecule has 1 rings (SSSR count). The van der Waals surface area contributed by atoms with Gasteiger partial charge in [-0.3, -0.25) is 15.0 Å². The van der Waals surface area contributed by atoms with Crippen LogP contribution in [0.25, 0.3) is 0 Å². The molecule has 1 fully saturated rings. The second-order valence-electron chi connectivity index (χ2n) is 3.52. The van der Waals surface area contributed by atoms with Crippen LogP contribution in [0, 0.1) is 5.92 Å². The molecule has 0 aliphatic carbocycles. The Balaban J connectivity index is 2.38. The summed E-state index contributed by atoms with van der Waals surface area (Å²) in [6.45, 7) is 3.19. The van der Waals surface area contributed by atoms with Crippen molar-refractivity contribution in [1.82, 2.24) is 10.3 Å². The zero-order valence-electron chi connectivity index (χ0n) is 8.45. The summed E-state index contributed by atoms with van der Waals surface area (Å²) < 4.78 is 0. The number of hydrazine groups is 1. The molecule has 0 aromatic heterocycles. The van der Waals surface area contributed by atoms with Crippen molar-refractivity contribution >= 4 is 11.8 Å². The molecule has 1 aliphatic rings. The molecular formula is C9H17N3O2. The lowest BCUT2D eigenvalue weighted by atomic mass is 9.96. The van der Waals surface area contributed by atoms with Gasteiger partial charge < -0.3 is 4.90 Å². The van der Waals surface area contributed by atoms with Gasteiger partial charge in [0.15, 0.2) is 0 Å². The van der Waals surface area contributed by atoms with Gasteiger partial charge >= 0.3 is 0 Å². The predicted molar refractivity (Wildman–Crippen MR) is 51.9 cm³/mol. The van der Waals surface area contributed by atoms with E-state index in [1.807, 2.05) is 6.92 Å². The van der Waals surface area contributed by atoms with Gasteiger partial charge in [0.25, 0.3) is 0 Å². The fraction of sp³-hybridized carbons (Fsp3) is 0.778. The summed E-state index contributed by atoms with van der Waals surface area (Å²) in [5.74, 6) is 5.06. The van der Waals surface area contributed by atoms with E-state index in [9.17, 15) is 9.59 Å². The maximum atomic E-state index is 11.3. The van der Waals surface area contributed by atoms with E-state index in [0.29, 0.717) is 19.5 Å². The molecule has 0 unspecified atom stereocenters. The van der Waals surface area contributed by atoms with E-state index in [4.69, 9.17) is 5.84 Å². The highest BCUT2D eigenvalue weighted by atomic mass is 16.2. The van der Waals surface area contributed by atoms with E-state index in [0.717, 1.165) is 12.8 Å².